The number of benzene rings is 1. The second-order valence-electron chi connectivity index (χ2n) is 6.69. The van der Waals surface area contributed by atoms with E-state index in [1.165, 1.54) is 10.6 Å². The molecule has 0 aliphatic rings. The van der Waals surface area contributed by atoms with E-state index in [0.717, 1.165) is 17.5 Å². The van der Waals surface area contributed by atoms with Crippen LogP contribution in [0, 0.1) is 19.8 Å². The molecule has 1 aromatic carbocycles. The lowest BCUT2D eigenvalue weighted by Gasteiger charge is -2.24. The van der Waals surface area contributed by atoms with Crippen LogP contribution in [-0.4, -0.2) is 33.7 Å². The Kier molecular flexibility index (Phi) is 7.73. The molecule has 0 aliphatic carbocycles. The number of hydrogen-bond acceptors (Lipinski definition) is 3. The lowest BCUT2D eigenvalue weighted by Crippen LogP contribution is -2.33. The Morgan fingerprint density at radius 1 is 1.25 bits per heavy atom. The van der Waals surface area contributed by atoms with E-state index in [2.05, 4.69) is 19.2 Å². The van der Waals surface area contributed by atoms with Gasteiger partial charge in [-0.2, -0.15) is 0 Å². The van der Waals surface area contributed by atoms with Crippen molar-refractivity contribution in [1.29, 1.82) is 0 Å². The lowest BCUT2D eigenvalue weighted by atomic mass is 10.1. The van der Waals surface area contributed by atoms with Crippen LogP contribution in [0.25, 0.3) is 0 Å². The Morgan fingerprint density at radius 3 is 2.50 bits per heavy atom. The molecule has 0 radical (unpaired) electrons. The van der Waals surface area contributed by atoms with Crippen molar-refractivity contribution in [2.24, 2.45) is 5.92 Å². The fourth-order valence-electron chi connectivity index (χ4n) is 2.44. The van der Waals surface area contributed by atoms with Crippen molar-refractivity contribution in [3.8, 4) is 0 Å². The van der Waals surface area contributed by atoms with Crippen molar-refractivity contribution >= 4 is 21.6 Å². The molecule has 0 unspecified atom stereocenters. The summed E-state index contributed by atoms with van der Waals surface area (Å²) < 4.78 is 25.7. The minimum absolute atomic E-state index is 0.0231. The second-order valence-corrected chi connectivity index (χ2v) is 8.60. The summed E-state index contributed by atoms with van der Waals surface area (Å²) >= 11 is 0. The zero-order valence-electron chi connectivity index (χ0n) is 15.4. The number of hydrogen-bond donors (Lipinski definition) is 1. The van der Waals surface area contributed by atoms with E-state index in [-0.39, 0.29) is 5.91 Å². The lowest BCUT2D eigenvalue weighted by molar-refractivity contribution is -0.121. The van der Waals surface area contributed by atoms with Gasteiger partial charge in [0.2, 0.25) is 15.9 Å². The largest absolute Gasteiger partial charge is 0.356 e. The molecule has 136 valence electrons. The summed E-state index contributed by atoms with van der Waals surface area (Å²) in [6.07, 6.45) is 2.98. The van der Waals surface area contributed by atoms with Crippen LogP contribution >= 0.6 is 0 Å². The third-order valence-electron chi connectivity index (χ3n) is 4.05. The first-order valence-electron chi connectivity index (χ1n) is 8.43. The highest BCUT2D eigenvalue weighted by atomic mass is 32.2. The van der Waals surface area contributed by atoms with Gasteiger partial charge in [-0.15, -0.1) is 0 Å². The average molecular weight is 355 g/mol. The Bertz CT molecular complexity index is 654. The molecular weight excluding hydrogens is 324 g/mol. The summed E-state index contributed by atoms with van der Waals surface area (Å²) in [6.45, 7) is 9.08. The molecule has 0 bridgehead atoms. The van der Waals surface area contributed by atoms with Gasteiger partial charge in [0.05, 0.1) is 11.9 Å². The summed E-state index contributed by atoms with van der Waals surface area (Å²) in [5.41, 5.74) is 2.69. The molecule has 0 fully saturated rings. The second kappa shape index (κ2) is 9.06. The molecule has 1 N–H and O–H groups in total. The molecule has 1 rings (SSSR count). The molecule has 0 heterocycles. The van der Waals surface area contributed by atoms with Gasteiger partial charge in [-0.25, -0.2) is 8.42 Å². The van der Waals surface area contributed by atoms with Crippen LogP contribution < -0.4 is 9.62 Å². The minimum atomic E-state index is -3.38. The van der Waals surface area contributed by atoms with Crippen molar-refractivity contribution in [2.75, 3.05) is 23.7 Å². The normalized spacial score (nSPS) is 11.6. The number of carbonyl (C=O) groups is 1. The van der Waals surface area contributed by atoms with Gasteiger partial charge >= 0.3 is 0 Å². The van der Waals surface area contributed by atoms with Gasteiger partial charge in [0.25, 0.3) is 0 Å². The standard InChI is InChI=1S/C18H30N2O3S/c1-14(2)11-12-19-18(21)10-7-13-20(24(5,22)23)17-9-6-8-15(3)16(17)4/h6,8-9,14H,7,10-13H2,1-5H3,(H,19,21). The molecular formula is C18H30N2O3S. The van der Waals surface area contributed by atoms with Gasteiger partial charge in [0, 0.05) is 19.5 Å². The third kappa shape index (κ3) is 6.51. The van der Waals surface area contributed by atoms with Crippen LogP contribution in [0.5, 0.6) is 0 Å². The van der Waals surface area contributed by atoms with Crippen LogP contribution in [0.15, 0.2) is 18.2 Å². The quantitative estimate of drug-likeness (QED) is 0.741. The van der Waals surface area contributed by atoms with E-state index >= 15 is 0 Å². The van der Waals surface area contributed by atoms with Crippen molar-refractivity contribution in [1.82, 2.24) is 5.32 Å². The number of rotatable bonds is 9. The average Bonchev–Trinajstić information content (AvgIpc) is 2.45. The molecule has 0 saturated heterocycles. The molecule has 0 aromatic heterocycles. The topological polar surface area (TPSA) is 66.5 Å². The summed E-state index contributed by atoms with van der Waals surface area (Å²) in [6, 6.07) is 5.63. The van der Waals surface area contributed by atoms with Crippen molar-refractivity contribution in [3.05, 3.63) is 29.3 Å². The number of anilines is 1. The van der Waals surface area contributed by atoms with Crippen LogP contribution in [0.3, 0.4) is 0 Å². The van der Waals surface area contributed by atoms with E-state index in [0.29, 0.717) is 37.5 Å². The molecule has 1 amide bonds. The number of carbonyl (C=O) groups excluding carboxylic acids is 1. The molecule has 0 atom stereocenters. The SMILES string of the molecule is Cc1cccc(N(CCCC(=O)NCCC(C)C)S(C)(=O)=O)c1C. The number of nitrogens with one attached hydrogen (secondary N) is 1. The number of aryl methyl sites for hydroxylation is 1. The molecule has 0 spiro atoms. The third-order valence-corrected chi connectivity index (χ3v) is 5.23. The van der Waals surface area contributed by atoms with Crippen LogP contribution in [0.1, 0.15) is 44.2 Å². The van der Waals surface area contributed by atoms with E-state index in [1.807, 2.05) is 32.0 Å². The number of nitrogens with zero attached hydrogens (tertiary/aromatic N) is 1. The maximum absolute atomic E-state index is 12.1. The van der Waals surface area contributed by atoms with Crippen LogP contribution in [0.2, 0.25) is 0 Å². The van der Waals surface area contributed by atoms with Gasteiger partial charge in [-0.05, 0) is 49.8 Å². The molecule has 0 aliphatic heterocycles. The number of sulfonamides is 1. The molecule has 0 saturated carbocycles. The Balaban J connectivity index is 2.66. The van der Waals surface area contributed by atoms with Gasteiger partial charge in [-0.1, -0.05) is 26.0 Å². The van der Waals surface area contributed by atoms with Gasteiger partial charge in [0.1, 0.15) is 0 Å². The minimum Gasteiger partial charge on any atom is -0.356 e. The Morgan fingerprint density at radius 2 is 1.92 bits per heavy atom. The summed E-state index contributed by atoms with van der Waals surface area (Å²) in [7, 11) is -3.38. The Labute approximate surface area is 146 Å². The summed E-state index contributed by atoms with van der Waals surface area (Å²) in [5.74, 6) is 0.528. The molecule has 1 aromatic rings. The number of amides is 1. The van der Waals surface area contributed by atoms with E-state index in [9.17, 15) is 13.2 Å². The smallest absolute Gasteiger partial charge is 0.232 e. The predicted molar refractivity (Wildman–Crippen MR) is 99.8 cm³/mol. The highest BCUT2D eigenvalue weighted by Crippen LogP contribution is 2.25. The Hall–Kier alpha value is -1.56. The highest BCUT2D eigenvalue weighted by Gasteiger charge is 2.19. The van der Waals surface area contributed by atoms with E-state index in [1.54, 1.807) is 0 Å². The molecule has 24 heavy (non-hydrogen) atoms. The van der Waals surface area contributed by atoms with Crippen LogP contribution in [0.4, 0.5) is 5.69 Å². The van der Waals surface area contributed by atoms with Gasteiger partial charge in [-0.3, -0.25) is 9.10 Å². The van der Waals surface area contributed by atoms with Crippen molar-refractivity contribution in [3.63, 3.8) is 0 Å². The van der Waals surface area contributed by atoms with Crippen LogP contribution in [-0.2, 0) is 14.8 Å². The first-order valence-corrected chi connectivity index (χ1v) is 10.3. The highest BCUT2D eigenvalue weighted by molar-refractivity contribution is 7.92. The summed E-state index contributed by atoms with van der Waals surface area (Å²) in [4.78, 5) is 11.8. The van der Waals surface area contributed by atoms with Gasteiger partial charge in [0.15, 0.2) is 0 Å². The zero-order chi connectivity index (χ0) is 18.3. The van der Waals surface area contributed by atoms with E-state index < -0.39 is 10.0 Å². The van der Waals surface area contributed by atoms with Gasteiger partial charge < -0.3 is 5.32 Å². The maximum atomic E-state index is 12.1. The summed E-state index contributed by atoms with van der Waals surface area (Å²) in [5, 5.41) is 2.88. The molecule has 6 heteroatoms. The first-order chi connectivity index (χ1) is 11.1. The van der Waals surface area contributed by atoms with E-state index in [4.69, 9.17) is 0 Å². The monoisotopic (exact) mass is 354 g/mol. The predicted octanol–water partition coefficient (Wildman–Crippen LogP) is 3.01. The first kappa shape index (κ1) is 20.5. The fourth-order valence-corrected chi connectivity index (χ4v) is 3.46. The van der Waals surface area contributed by atoms with Crippen molar-refractivity contribution < 1.29 is 13.2 Å². The fraction of sp³-hybridized carbons (Fsp3) is 0.611. The zero-order valence-corrected chi connectivity index (χ0v) is 16.2. The maximum Gasteiger partial charge on any atom is 0.232 e. The molecule has 5 nitrogen and oxygen atoms in total. The van der Waals surface area contributed by atoms with Crippen molar-refractivity contribution in [2.45, 2.75) is 47.0 Å².